The average molecular weight is 491 g/mol. The predicted octanol–water partition coefficient (Wildman–Crippen LogP) is 1.66. The molecule has 1 unspecified atom stereocenters. The number of hydrogen-bond donors (Lipinski definition) is 3. The minimum absolute atomic E-state index is 0. The molecule has 0 bridgehead atoms. The normalized spacial score (nSPS) is 17.1. The summed E-state index contributed by atoms with van der Waals surface area (Å²) in [7, 11) is 1.75. The van der Waals surface area contributed by atoms with Crippen molar-refractivity contribution < 1.29 is 4.79 Å². The van der Waals surface area contributed by atoms with E-state index in [4.69, 9.17) is 0 Å². The number of aromatic nitrogens is 3. The van der Waals surface area contributed by atoms with Gasteiger partial charge >= 0.3 is 0 Å². The standard InChI is InChI=1S/C18H33N7O.HI/c1-7-20-16(26)18(4,5)11-21-17(19-6)22-13-8-9-14-23-15(12(2)3)24-25(14)10-13;/h12-13H,7-11H2,1-6H3,(H,20,26)(H2,19,21,22);1H. The van der Waals surface area contributed by atoms with E-state index in [0.29, 0.717) is 25.0 Å². The third-order valence-corrected chi connectivity index (χ3v) is 4.61. The number of hydrogen-bond acceptors (Lipinski definition) is 4. The minimum atomic E-state index is -0.508. The Morgan fingerprint density at radius 2 is 2.07 bits per heavy atom. The van der Waals surface area contributed by atoms with Crippen molar-refractivity contribution in [2.45, 2.75) is 66.0 Å². The number of amides is 1. The fourth-order valence-corrected chi connectivity index (χ4v) is 2.86. The van der Waals surface area contributed by atoms with Crippen molar-refractivity contribution in [3.8, 4) is 0 Å². The molecule has 0 radical (unpaired) electrons. The summed E-state index contributed by atoms with van der Waals surface area (Å²) < 4.78 is 2.00. The van der Waals surface area contributed by atoms with Gasteiger partial charge in [0.1, 0.15) is 5.82 Å². The van der Waals surface area contributed by atoms with Crippen LogP contribution in [-0.4, -0.2) is 52.8 Å². The van der Waals surface area contributed by atoms with Crippen molar-refractivity contribution >= 4 is 35.8 Å². The number of fused-ring (bicyclic) bond motifs is 1. The molecular formula is C18H34IN7O. The molecule has 0 fully saturated rings. The van der Waals surface area contributed by atoms with Crippen LogP contribution in [0.2, 0.25) is 0 Å². The quantitative estimate of drug-likeness (QED) is 0.320. The second-order valence-electron chi connectivity index (χ2n) is 7.77. The molecule has 0 aromatic carbocycles. The minimum Gasteiger partial charge on any atom is -0.356 e. The number of carbonyl (C=O) groups is 1. The first-order valence-electron chi connectivity index (χ1n) is 9.46. The third-order valence-electron chi connectivity index (χ3n) is 4.61. The number of halogens is 1. The average Bonchev–Trinajstić information content (AvgIpc) is 3.02. The van der Waals surface area contributed by atoms with Gasteiger partial charge in [-0.05, 0) is 27.2 Å². The molecule has 1 amide bonds. The zero-order chi connectivity index (χ0) is 19.3. The van der Waals surface area contributed by atoms with Crippen molar-refractivity contribution in [2.24, 2.45) is 10.4 Å². The van der Waals surface area contributed by atoms with Crippen LogP contribution >= 0.6 is 24.0 Å². The summed E-state index contributed by atoms with van der Waals surface area (Å²) >= 11 is 0. The summed E-state index contributed by atoms with van der Waals surface area (Å²) in [5.74, 6) is 3.05. The van der Waals surface area contributed by atoms with Crippen molar-refractivity contribution in [1.29, 1.82) is 0 Å². The Kier molecular flexibility index (Phi) is 8.97. The zero-order valence-electron chi connectivity index (χ0n) is 17.3. The van der Waals surface area contributed by atoms with Crippen LogP contribution in [0, 0.1) is 5.41 Å². The Bertz CT molecular complexity index is 654. The summed E-state index contributed by atoms with van der Waals surface area (Å²) in [6.45, 7) is 11.9. The SMILES string of the molecule is CCNC(=O)C(C)(C)CNC(=NC)NC1CCc2nc(C(C)C)nn2C1.I. The number of nitrogens with zero attached hydrogens (tertiary/aromatic N) is 4. The molecule has 1 atom stereocenters. The maximum absolute atomic E-state index is 12.1. The molecule has 27 heavy (non-hydrogen) atoms. The highest BCUT2D eigenvalue weighted by Crippen LogP contribution is 2.17. The zero-order valence-corrected chi connectivity index (χ0v) is 19.6. The lowest BCUT2D eigenvalue weighted by Gasteiger charge is -2.28. The van der Waals surface area contributed by atoms with Gasteiger partial charge < -0.3 is 16.0 Å². The van der Waals surface area contributed by atoms with Crippen LogP contribution in [0.3, 0.4) is 0 Å². The Morgan fingerprint density at radius 1 is 1.37 bits per heavy atom. The van der Waals surface area contributed by atoms with E-state index >= 15 is 0 Å². The molecule has 9 heteroatoms. The monoisotopic (exact) mass is 491 g/mol. The van der Waals surface area contributed by atoms with Gasteiger partial charge in [0.15, 0.2) is 11.8 Å². The molecule has 1 aliphatic heterocycles. The van der Waals surface area contributed by atoms with Crippen LogP contribution in [0.25, 0.3) is 0 Å². The fourth-order valence-electron chi connectivity index (χ4n) is 2.86. The fraction of sp³-hybridized carbons (Fsp3) is 0.778. The van der Waals surface area contributed by atoms with Crippen LogP contribution < -0.4 is 16.0 Å². The molecule has 1 aromatic heterocycles. The van der Waals surface area contributed by atoms with E-state index in [2.05, 4.69) is 44.9 Å². The maximum atomic E-state index is 12.1. The molecular weight excluding hydrogens is 457 g/mol. The van der Waals surface area contributed by atoms with E-state index in [1.807, 2.05) is 25.5 Å². The largest absolute Gasteiger partial charge is 0.356 e. The number of aliphatic imine (C=N–C) groups is 1. The predicted molar refractivity (Wildman–Crippen MR) is 119 cm³/mol. The summed E-state index contributed by atoms with van der Waals surface area (Å²) in [6, 6.07) is 0.239. The molecule has 2 heterocycles. The molecule has 3 N–H and O–H groups in total. The van der Waals surface area contributed by atoms with Crippen LogP contribution in [0.5, 0.6) is 0 Å². The third kappa shape index (κ3) is 6.32. The molecule has 154 valence electrons. The van der Waals surface area contributed by atoms with Crippen molar-refractivity contribution in [3.63, 3.8) is 0 Å². The number of guanidine groups is 1. The highest BCUT2D eigenvalue weighted by molar-refractivity contribution is 14.0. The molecule has 8 nitrogen and oxygen atoms in total. The summed E-state index contributed by atoms with van der Waals surface area (Å²) in [4.78, 5) is 21.0. The van der Waals surface area contributed by atoms with Gasteiger partial charge in [-0.3, -0.25) is 9.79 Å². The maximum Gasteiger partial charge on any atom is 0.227 e. The van der Waals surface area contributed by atoms with Crippen LogP contribution in [0.15, 0.2) is 4.99 Å². The highest BCUT2D eigenvalue weighted by atomic mass is 127. The lowest BCUT2D eigenvalue weighted by Crippen LogP contribution is -2.51. The molecule has 0 saturated heterocycles. The van der Waals surface area contributed by atoms with Gasteiger partial charge in [-0.2, -0.15) is 5.10 Å². The van der Waals surface area contributed by atoms with E-state index in [1.165, 1.54) is 0 Å². The highest BCUT2D eigenvalue weighted by Gasteiger charge is 2.28. The van der Waals surface area contributed by atoms with Gasteiger partial charge in [-0.15, -0.1) is 24.0 Å². The molecule has 0 spiro atoms. The van der Waals surface area contributed by atoms with E-state index < -0.39 is 5.41 Å². The Hall–Kier alpha value is -1.39. The van der Waals surface area contributed by atoms with Crippen LogP contribution in [-0.2, 0) is 17.8 Å². The molecule has 1 aliphatic rings. The second kappa shape index (κ2) is 10.2. The van der Waals surface area contributed by atoms with Crippen LogP contribution in [0.1, 0.15) is 58.6 Å². The molecule has 1 aromatic rings. The number of aryl methyl sites for hydroxylation is 1. The molecule has 0 saturated carbocycles. The molecule has 2 rings (SSSR count). The smallest absolute Gasteiger partial charge is 0.227 e. The summed E-state index contributed by atoms with van der Waals surface area (Å²) in [6.07, 6.45) is 1.88. The first-order valence-corrected chi connectivity index (χ1v) is 9.46. The summed E-state index contributed by atoms with van der Waals surface area (Å²) in [5, 5.41) is 14.2. The Balaban J connectivity index is 0.00000364. The number of nitrogens with one attached hydrogen (secondary N) is 3. The first-order chi connectivity index (χ1) is 12.3. The van der Waals surface area contributed by atoms with Gasteiger partial charge in [0, 0.05) is 38.5 Å². The van der Waals surface area contributed by atoms with Crippen LogP contribution in [0.4, 0.5) is 0 Å². The van der Waals surface area contributed by atoms with E-state index in [9.17, 15) is 4.79 Å². The van der Waals surface area contributed by atoms with E-state index in [0.717, 1.165) is 31.0 Å². The van der Waals surface area contributed by atoms with Gasteiger partial charge in [0.05, 0.1) is 12.0 Å². The van der Waals surface area contributed by atoms with Gasteiger partial charge in [-0.25, -0.2) is 9.67 Å². The van der Waals surface area contributed by atoms with E-state index in [1.54, 1.807) is 7.05 Å². The number of rotatable bonds is 6. The van der Waals surface area contributed by atoms with Gasteiger partial charge in [0.2, 0.25) is 5.91 Å². The lowest BCUT2D eigenvalue weighted by atomic mass is 9.92. The molecule has 0 aliphatic carbocycles. The van der Waals surface area contributed by atoms with Crippen molar-refractivity contribution in [3.05, 3.63) is 11.6 Å². The summed E-state index contributed by atoms with van der Waals surface area (Å²) in [5.41, 5.74) is -0.508. The Morgan fingerprint density at radius 3 is 2.67 bits per heavy atom. The van der Waals surface area contributed by atoms with Crippen molar-refractivity contribution in [2.75, 3.05) is 20.1 Å². The second-order valence-corrected chi connectivity index (χ2v) is 7.77. The van der Waals surface area contributed by atoms with Crippen molar-refractivity contribution in [1.82, 2.24) is 30.7 Å². The topological polar surface area (TPSA) is 96.2 Å². The first kappa shape index (κ1) is 23.6. The lowest BCUT2D eigenvalue weighted by molar-refractivity contribution is -0.128. The number of carbonyl (C=O) groups excluding carboxylic acids is 1. The Labute approximate surface area is 179 Å². The van der Waals surface area contributed by atoms with Gasteiger partial charge in [0.25, 0.3) is 0 Å². The van der Waals surface area contributed by atoms with E-state index in [-0.39, 0.29) is 35.9 Å². The van der Waals surface area contributed by atoms with Gasteiger partial charge in [-0.1, -0.05) is 13.8 Å².